The first-order chi connectivity index (χ1) is 13.6. The van der Waals surface area contributed by atoms with E-state index >= 15 is 0 Å². The Morgan fingerprint density at radius 3 is 2.61 bits per heavy atom. The molecule has 0 aliphatic rings. The molecule has 0 spiro atoms. The van der Waals surface area contributed by atoms with Crippen LogP contribution in [0.25, 0.3) is 10.9 Å². The molecule has 28 heavy (non-hydrogen) atoms. The fourth-order valence-electron chi connectivity index (χ4n) is 2.79. The molecule has 0 fully saturated rings. The van der Waals surface area contributed by atoms with E-state index in [1.807, 2.05) is 30.3 Å². The van der Waals surface area contributed by atoms with Crippen molar-refractivity contribution in [2.75, 3.05) is 7.05 Å². The highest BCUT2D eigenvalue weighted by Gasteiger charge is 2.11. The predicted octanol–water partition coefficient (Wildman–Crippen LogP) is 4.35. The third-order valence-corrected chi connectivity index (χ3v) is 4.31. The minimum Gasteiger partial charge on any atom is -0.434 e. The number of para-hydroxylation sites is 1. The van der Waals surface area contributed by atoms with E-state index in [2.05, 4.69) is 25.3 Å². The van der Waals surface area contributed by atoms with Gasteiger partial charge in [-0.15, -0.1) is 0 Å². The first-order valence-electron chi connectivity index (χ1n) is 8.57. The second-order valence-electron chi connectivity index (χ2n) is 5.90. The smallest absolute Gasteiger partial charge is 0.387 e. The summed E-state index contributed by atoms with van der Waals surface area (Å²) in [6, 6.07) is 14.4. The lowest BCUT2D eigenvalue weighted by atomic mass is 10.1. The van der Waals surface area contributed by atoms with Crippen LogP contribution in [-0.4, -0.2) is 24.6 Å². The van der Waals surface area contributed by atoms with Crippen molar-refractivity contribution in [1.29, 1.82) is 0 Å². The van der Waals surface area contributed by atoms with Crippen LogP contribution in [0.3, 0.4) is 0 Å². The molecule has 0 saturated heterocycles. The number of pyridine rings is 1. The van der Waals surface area contributed by atoms with Gasteiger partial charge in [-0.3, -0.25) is 9.98 Å². The highest BCUT2D eigenvalue weighted by molar-refractivity contribution is 6.30. The maximum atomic E-state index is 12.6. The van der Waals surface area contributed by atoms with Gasteiger partial charge < -0.3 is 15.4 Å². The Kier molecular flexibility index (Phi) is 6.60. The molecule has 0 radical (unpaired) electrons. The number of nitrogens with zero attached hydrogens (tertiary/aromatic N) is 2. The van der Waals surface area contributed by atoms with Gasteiger partial charge in [-0.05, 0) is 29.8 Å². The van der Waals surface area contributed by atoms with Crippen LogP contribution in [0, 0.1) is 0 Å². The second kappa shape index (κ2) is 9.32. The van der Waals surface area contributed by atoms with Gasteiger partial charge in [0.1, 0.15) is 5.75 Å². The zero-order valence-electron chi connectivity index (χ0n) is 15.1. The zero-order valence-corrected chi connectivity index (χ0v) is 15.9. The summed E-state index contributed by atoms with van der Waals surface area (Å²) in [6.07, 6.45) is 1.75. The molecule has 0 unspecified atom stereocenters. The Bertz CT molecular complexity index is 976. The molecular weight excluding hydrogens is 386 g/mol. The predicted molar refractivity (Wildman–Crippen MR) is 107 cm³/mol. The molecule has 1 heterocycles. The van der Waals surface area contributed by atoms with Crippen molar-refractivity contribution in [3.05, 3.63) is 70.9 Å². The SMILES string of the molecule is CN=C(NCc1cc(Cl)ccc1OC(F)F)NCc1cccc2cccnc12. The number of alkyl halides is 2. The highest BCUT2D eigenvalue weighted by Crippen LogP contribution is 2.24. The first kappa shape index (κ1) is 19.8. The topological polar surface area (TPSA) is 58.5 Å². The first-order valence-corrected chi connectivity index (χ1v) is 8.95. The Labute approximate surface area is 166 Å². The number of benzene rings is 2. The largest absolute Gasteiger partial charge is 0.434 e. The number of guanidine groups is 1. The summed E-state index contributed by atoms with van der Waals surface area (Å²) in [5.74, 6) is 0.580. The van der Waals surface area contributed by atoms with Gasteiger partial charge in [0.15, 0.2) is 5.96 Å². The summed E-state index contributed by atoms with van der Waals surface area (Å²) >= 11 is 5.98. The number of ether oxygens (including phenoxy) is 1. The zero-order chi connectivity index (χ0) is 19.9. The molecule has 0 aliphatic heterocycles. The molecule has 8 heteroatoms. The van der Waals surface area contributed by atoms with Crippen molar-refractivity contribution in [3.8, 4) is 5.75 Å². The molecule has 5 nitrogen and oxygen atoms in total. The maximum absolute atomic E-state index is 12.6. The van der Waals surface area contributed by atoms with E-state index < -0.39 is 6.61 Å². The van der Waals surface area contributed by atoms with Crippen LogP contribution in [0.15, 0.2) is 59.7 Å². The summed E-state index contributed by atoms with van der Waals surface area (Å²) in [6.45, 7) is -2.18. The molecule has 0 amide bonds. The van der Waals surface area contributed by atoms with Crippen LogP contribution in [0.2, 0.25) is 5.02 Å². The Hall–Kier alpha value is -2.93. The minimum absolute atomic E-state index is 0.0700. The molecule has 0 atom stereocenters. The van der Waals surface area contributed by atoms with Crippen LogP contribution >= 0.6 is 11.6 Å². The summed E-state index contributed by atoms with van der Waals surface area (Å²) in [5.41, 5.74) is 2.43. The van der Waals surface area contributed by atoms with Crippen LogP contribution in [0.5, 0.6) is 5.75 Å². The lowest BCUT2D eigenvalue weighted by Gasteiger charge is -2.15. The molecule has 1 aromatic heterocycles. The van der Waals surface area contributed by atoms with Crippen LogP contribution in [0.4, 0.5) is 8.78 Å². The number of hydrogen-bond acceptors (Lipinski definition) is 3. The number of aliphatic imine (C=N–C) groups is 1. The van der Waals surface area contributed by atoms with Crippen LogP contribution in [0.1, 0.15) is 11.1 Å². The van der Waals surface area contributed by atoms with Crippen molar-refractivity contribution >= 4 is 28.5 Å². The molecule has 3 aromatic rings. The second-order valence-corrected chi connectivity index (χ2v) is 6.34. The fourth-order valence-corrected chi connectivity index (χ4v) is 2.98. The van der Waals surface area contributed by atoms with Gasteiger partial charge in [-0.1, -0.05) is 35.9 Å². The van der Waals surface area contributed by atoms with E-state index in [0.29, 0.717) is 23.1 Å². The maximum Gasteiger partial charge on any atom is 0.387 e. The van der Waals surface area contributed by atoms with Crippen LogP contribution < -0.4 is 15.4 Å². The van der Waals surface area contributed by atoms with E-state index in [1.165, 1.54) is 12.1 Å². The standard InChI is InChI=1S/C20H19ClF2N4O/c1-24-20(26-11-14-5-2-4-13-6-3-9-25-18(13)14)27-12-15-10-16(21)7-8-17(15)28-19(22)23/h2-10,19H,11-12H2,1H3,(H2,24,26,27). The molecule has 146 valence electrons. The number of nitrogens with one attached hydrogen (secondary N) is 2. The van der Waals surface area contributed by atoms with E-state index in [0.717, 1.165) is 16.5 Å². The third kappa shape index (κ3) is 5.07. The Morgan fingerprint density at radius 2 is 1.86 bits per heavy atom. The Morgan fingerprint density at radius 1 is 1.11 bits per heavy atom. The Balaban J connectivity index is 1.66. The van der Waals surface area contributed by atoms with Crippen molar-refractivity contribution in [3.63, 3.8) is 0 Å². The van der Waals surface area contributed by atoms with Crippen molar-refractivity contribution in [1.82, 2.24) is 15.6 Å². The summed E-state index contributed by atoms with van der Waals surface area (Å²) in [4.78, 5) is 8.59. The molecule has 0 bridgehead atoms. The summed E-state index contributed by atoms with van der Waals surface area (Å²) in [5, 5.41) is 7.77. The summed E-state index contributed by atoms with van der Waals surface area (Å²) in [7, 11) is 1.63. The van der Waals surface area contributed by atoms with Gasteiger partial charge in [-0.25, -0.2) is 0 Å². The normalized spacial score (nSPS) is 11.7. The van der Waals surface area contributed by atoms with Gasteiger partial charge in [0.05, 0.1) is 5.52 Å². The van der Waals surface area contributed by atoms with E-state index in [-0.39, 0.29) is 12.3 Å². The minimum atomic E-state index is -2.91. The molecule has 2 N–H and O–H groups in total. The number of halogens is 3. The van der Waals surface area contributed by atoms with Crippen molar-refractivity contribution in [2.45, 2.75) is 19.7 Å². The quantitative estimate of drug-likeness (QED) is 0.473. The lowest BCUT2D eigenvalue weighted by Crippen LogP contribution is -2.36. The molecule has 0 aliphatic carbocycles. The van der Waals surface area contributed by atoms with E-state index in [1.54, 1.807) is 19.3 Å². The average molecular weight is 405 g/mol. The molecule has 0 saturated carbocycles. The number of hydrogen-bond donors (Lipinski definition) is 2. The lowest BCUT2D eigenvalue weighted by molar-refractivity contribution is -0.0504. The number of aromatic nitrogens is 1. The summed E-state index contributed by atoms with van der Waals surface area (Å²) < 4.78 is 29.7. The van der Waals surface area contributed by atoms with Crippen LogP contribution in [-0.2, 0) is 13.1 Å². The number of fused-ring (bicyclic) bond motifs is 1. The molecule has 2 aromatic carbocycles. The van der Waals surface area contributed by atoms with Gasteiger partial charge in [0.25, 0.3) is 0 Å². The van der Waals surface area contributed by atoms with E-state index in [9.17, 15) is 8.78 Å². The van der Waals surface area contributed by atoms with Gasteiger partial charge >= 0.3 is 6.61 Å². The van der Waals surface area contributed by atoms with Gasteiger partial charge in [0.2, 0.25) is 0 Å². The van der Waals surface area contributed by atoms with Crippen molar-refractivity contribution in [2.24, 2.45) is 4.99 Å². The monoisotopic (exact) mass is 404 g/mol. The average Bonchev–Trinajstić information content (AvgIpc) is 2.69. The number of rotatable bonds is 6. The fraction of sp³-hybridized carbons (Fsp3) is 0.200. The highest BCUT2D eigenvalue weighted by atomic mass is 35.5. The van der Waals surface area contributed by atoms with Gasteiger partial charge in [0, 0.05) is 42.3 Å². The molecular formula is C20H19ClF2N4O. The van der Waals surface area contributed by atoms with E-state index in [4.69, 9.17) is 11.6 Å². The third-order valence-electron chi connectivity index (χ3n) is 4.07. The molecule has 3 rings (SSSR count). The van der Waals surface area contributed by atoms with Gasteiger partial charge in [-0.2, -0.15) is 8.78 Å². The van der Waals surface area contributed by atoms with Crippen molar-refractivity contribution < 1.29 is 13.5 Å².